The van der Waals surface area contributed by atoms with Crippen LogP contribution >= 0.6 is 23.5 Å². The van der Waals surface area contributed by atoms with Crippen molar-refractivity contribution in [3.05, 3.63) is 11.9 Å². The molecule has 0 aliphatic heterocycles. The van der Waals surface area contributed by atoms with Gasteiger partial charge in [-0.3, -0.25) is 4.79 Å². The van der Waals surface area contributed by atoms with Crippen molar-refractivity contribution in [3.8, 4) is 0 Å². The quantitative estimate of drug-likeness (QED) is 0.818. The van der Waals surface area contributed by atoms with Crippen LogP contribution in [0.15, 0.2) is 11.4 Å². The number of carbonyl (C=O) groups is 1. The molecule has 2 atom stereocenters. The van der Waals surface area contributed by atoms with E-state index in [4.69, 9.17) is 5.11 Å². The summed E-state index contributed by atoms with van der Waals surface area (Å²) in [5.74, 6) is 0.458. The van der Waals surface area contributed by atoms with E-state index < -0.39 is 5.97 Å². The highest BCUT2D eigenvalue weighted by molar-refractivity contribution is 8.00. The Morgan fingerprint density at radius 2 is 2.37 bits per heavy atom. The third kappa shape index (κ3) is 3.92. The fourth-order valence-electron chi connectivity index (χ4n) is 2.55. The van der Waals surface area contributed by atoms with Gasteiger partial charge in [-0.25, -0.2) is 4.98 Å². The molecule has 1 saturated carbocycles. The fourth-order valence-corrected chi connectivity index (χ4v) is 4.49. The minimum atomic E-state index is -0.789. The highest BCUT2D eigenvalue weighted by Gasteiger charge is 2.27. The minimum absolute atomic E-state index is 0.0797. The number of nitrogens with zero attached hydrogens (tertiary/aromatic N) is 2. The van der Waals surface area contributed by atoms with Gasteiger partial charge in [-0.05, 0) is 31.9 Å². The van der Waals surface area contributed by atoms with Gasteiger partial charge in [0.05, 0.1) is 11.4 Å². The van der Waals surface area contributed by atoms with Crippen LogP contribution in [0.3, 0.4) is 0 Å². The summed E-state index contributed by atoms with van der Waals surface area (Å²) in [4.78, 5) is 15.1. The molecular weight excluding hydrogens is 280 g/mol. The maximum Gasteiger partial charge on any atom is 0.313 e. The molecule has 6 heteroatoms. The zero-order valence-electron chi connectivity index (χ0n) is 11.3. The second-order valence-electron chi connectivity index (χ2n) is 4.80. The first kappa shape index (κ1) is 14.8. The van der Waals surface area contributed by atoms with Gasteiger partial charge in [0.15, 0.2) is 5.16 Å². The molecule has 1 aromatic heterocycles. The van der Waals surface area contributed by atoms with Crippen LogP contribution in [-0.4, -0.2) is 37.4 Å². The summed E-state index contributed by atoms with van der Waals surface area (Å²) in [7, 11) is 0. The van der Waals surface area contributed by atoms with Crippen molar-refractivity contribution in [3.63, 3.8) is 0 Å². The van der Waals surface area contributed by atoms with E-state index in [1.165, 1.54) is 36.8 Å². The van der Waals surface area contributed by atoms with E-state index in [0.29, 0.717) is 6.04 Å². The van der Waals surface area contributed by atoms with Gasteiger partial charge in [0, 0.05) is 17.5 Å². The van der Waals surface area contributed by atoms with Gasteiger partial charge < -0.3 is 9.67 Å². The average Bonchev–Trinajstić information content (AvgIpc) is 2.93. The predicted molar refractivity (Wildman–Crippen MR) is 80.1 cm³/mol. The maximum atomic E-state index is 10.7. The van der Waals surface area contributed by atoms with E-state index in [1.54, 1.807) is 0 Å². The summed E-state index contributed by atoms with van der Waals surface area (Å²) in [6.07, 6.45) is 5.67. The lowest BCUT2D eigenvalue weighted by molar-refractivity contribution is -0.133. The van der Waals surface area contributed by atoms with E-state index in [2.05, 4.69) is 22.7 Å². The average molecular weight is 300 g/mol. The highest BCUT2D eigenvalue weighted by Crippen LogP contribution is 2.38. The van der Waals surface area contributed by atoms with Crippen LogP contribution in [0.2, 0.25) is 0 Å². The lowest BCUT2D eigenvalue weighted by Gasteiger charge is -2.15. The van der Waals surface area contributed by atoms with E-state index in [-0.39, 0.29) is 5.75 Å². The van der Waals surface area contributed by atoms with Crippen LogP contribution in [0.25, 0.3) is 0 Å². The molecule has 0 amide bonds. The zero-order chi connectivity index (χ0) is 13.8. The molecule has 4 nitrogen and oxygen atoms in total. The summed E-state index contributed by atoms with van der Waals surface area (Å²) in [6, 6.07) is 0.488. The molecule has 0 spiro atoms. The molecule has 1 aliphatic carbocycles. The molecule has 0 aromatic carbocycles. The lowest BCUT2D eigenvalue weighted by Crippen LogP contribution is -2.08. The molecule has 106 valence electrons. The van der Waals surface area contributed by atoms with Gasteiger partial charge in [0.1, 0.15) is 0 Å². The number of aromatic nitrogens is 2. The van der Waals surface area contributed by atoms with E-state index in [1.807, 2.05) is 18.7 Å². The molecule has 0 bridgehead atoms. The minimum Gasteiger partial charge on any atom is -0.481 e. The number of thioether (sulfide) groups is 2. The third-order valence-electron chi connectivity index (χ3n) is 3.30. The SMILES string of the molecule is CCSC1CCC(n2cc(C)nc2SCC(=O)O)C1. The van der Waals surface area contributed by atoms with E-state index in [9.17, 15) is 4.79 Å². The van der Waals surface area contributed by atoms with Crippen molar-refractivity contribution >= 4 is 29.5 Å². The van der Waals surface area contributed by atoms with Crippen LogP contribution in [-0.2, 0) is 4.79 Å². The van der Waals surface area contributed by atoms with E-state index in [0.717, 1.165) is 16.1 Å². The van der Waals surface area contributed by atoms with Crippen molar-refractivity contribution < 1.29 is 9.90 Å². The number of aliphatic carboxylic acids is 1. The van der Waals surface area contributed by atoms with Gasteiger partial charge in [-0.15, -0.1) is 0 Å². The Bertz CT molecular complexity index is 448. The van der Waals surface area contributed by atoms with E-state index >= 15 is 0 Å². The predicted octanol–water partition coefficient (Wildman–Crippen LogP) is 3.21. The molecular formula is C13H20N2O2S2. The Morgan fingerprint density at radius 1 is 1.58 bits per heavy atom. The molecule has 1 aromatic rings. The Hall–Kier alpha value is -0.620. The third-order valence-corrected chi connectivity index (χ3v) is 5.48. The summed E-state index contributed by atoms with van der Waals surface area (Å²) in [5, 5.41) is 10.4. The van der Waals surface area contributed by atoms with Crippen LogP contribution in [0.4, 0.5) is 0 Å². The van der Waals surface area contributed by atoms with Gasteiger partial charge in [-0.1, -0.05) is 18.7 Å². The first-order valence-corrected chi connectivity index (χ1v) is 8.65. The molecule has 1 fully saturated rings. The fraction of sp³-hybridized carbons (Fsp3) is 0.692. The second-order valence-corrected chi connectivity index (χ2v) is 7.32. The van der Waals surface area contributed by atoms with Gasteiger partial charge in [-0.2, -0.15) is 11.8 Å². The first-order valence-electron chi connectivity index (χ1n) is 6.61. The summed E-state index contributed by atoms with van der Waals surface area (Å²) >= 11 is 3.36. The summed E-state index contributed by atoms with van der Waals surface area (Å²) in [5.41, 5.74) is 0.972. The molecule has 2 unspecified atom stereocenters. The summed E-state index contributed by atoms with van der Waals surface area (Å²) in [6.45, 7) is 4.17. The molecule has 1 N–H and O–H groups in total. The first-order chi connectivity index (χ1) is 9.10. The monoisotopic (exact) mass is 300 g/mol. The molecule has 1 aliphatic rings. The number of hydrogen-bond donors (Lipinski definition) is 1. The van der Waals surface area contributed by atoms with Crippen molar-refractivity contribution in [2.75, 3.05) is 11.5 Å². The zero-order valence-corrected chi connectivity index (χ0v) is 13.0. The number of rotatable bonds is 6. The Kier molecular flexibility index (Phi) is 5.21. The van der Waals surface area contributed by atoms with Crippen LogP contribution < -0.4 is 0 Å². The Morgan fingerprint density at radius 3 is 3.05 bits per heavy atom. The van der Waals surface area contributed by atoms with Crippen molar-refractivity contribution in [2.45, 2.75) is 49.6 Å². The van der Waals surface area contributed by atoms with Crippen LogP contribution in [0, 0.1) is 6.92 Å². The number of hydrogen-bond acceptors (Lipinski definition) is 4. The highest BCUT2D eigenvalue weighted by atomic mass is 32.2. The number of aryl methyl sites for hydroxylation is 1. The number of carboxylic acid groups (broad SMARTS) is 1. The molecule has 1 heterocycles. The van der Waals surface area contributed by atoms with Crippen molar-refractivity contribution in [1.82, 2.24) is 9.55 Å². The second kappa shape index (κ2) is 6.70. The normalized spacial score (nSPS) is 22.8. The molecule has 0 saturated heterocycles. The Labute approximate surface area is 122 Å². The van der Waals surface area contributed by atoms with Crippen LogP contribution in [0.1, 0.15) is 37.9 Å². The standard InChI is InChI=1S/C13H20N2O2S2/c1-3-18-11-5-4-10(6-11)15-7-9(2)14-13(15)19-8-12(16)17/h7,10-11H,3-6,8H2,1-2H3,(H,16,17). The molecule has 0 radical (unpaired) electrons. The number of imidazole rings is 1. The number of carboxylic acids is 1. The van der Waals surface area contributed by atoms with Crippen molar-refractivity contribution in [2.24, 2.45) is 0 Å². The summed E-state index contributed by atoms with van der Waals surface area (Å²) < 4.78 is 2.19. The Balaban J connectivity index is 2.05. The maximum absolute atomic E-state index is 10.7. The molecule has 19 heavy (non-hydrogen) atoms. The van der Waals surface area contributed by atoms with Crippen LogP contribution in [0.5, 0.6) is 0 Å². The topological polar surface area (TPSA) is 55.1 Å². The van der Waals surface area contributed by atoms with Gasteiger partial charge in [0.25, 0.3) is 0 Å². The smallest absolute Gasteiger partial charge is 0.313 e. The van der Waals surface area contributed by atoms with Gasteiger partial charge >= 0.3 is 5.97 Å². The van der Waals surface area contributed by atoms with Crippen molar-refractivity contribution in [1.29, 1.82) is 0 Å². The largest absolute Gasteiger partial charge is 0.481 e. The molecule has 2 rings (SSSR count). The van der Waals surface area contributed by atoms with Gasteiger partial charge in [0.2, 0.25) is 0 Å². The lowest BCUT2D eigenvalue weighted by atomic mass is 10.2.